The molecule has 0 spiro atoms. The van der Waals surface area contributed by atoms with Crippen molar-refractivity contribution in [3.8, 4) is 0 Å². The molecule has 1 heterocycles. The maximum absolute atomic E-state index is 12.4. The van der Waals surface area contributed by atoms with Gasteiger partial charge in [0.25, 0.3) is 0 Å². The van der Waals surface area contributed by atoms with Gasteiger partial charge in [-0.3, -0.25) is 4.79 Å². The Balaban J connectivity index is 2.06. The number of aryl methyl sites for hydroxylation is 2. The number of nitrogens with zero attached hydrogens (tertiary/aromatic N) is 1. The number of rotatable bonds is 5. The number of carbonyl (C=O) groups excluding carboxylic acids is 1. The van der Waals surface area contributed by atoms with Crippen LogP contribution in [-0.2, 0) is 11.2 Å². The average Bonchev–Trinajstić information content (AvgIpc) is 2.77. The Bertz CT molecular complexity index is 679. The van der Waals surface area contributed by atoms with Crippen LogP contribution in [0.15, 0.2) is 33.7 Å². The van der Waals surface area contributed by atoms with Crippen molar-refractivity contribution >= 4 is 23.4 Å². The van der Waals surface area contributed by atoms with Crippen LogP contribution in [0.1, 0.15) is 17.0 Å². The van der Waals surface area contributed by atoms with Gasteiger partial charge >= 0.3 is 6.18 Å². The third kappa shape index (κ3) is 5.02. The lowest BCUT2D eigenvalue weighted by Crippen LogP contribution is -2.16. The number of nitrogens with one attached hydrogen (secondary N) is 1. The fourth-order valence-corrected chi connectivity index (χ4v) is 2.73. The molecular weight excluding hydrogens is 329 g/mol. The highest BCUT2D eigenvalue weighted by atomic mass is 32.2. The van der Waals surface area contributed by atoms with Gasteiger partial charge in [-0.15, -0.1) is 11.8 Å². The molecule has 8 heteroatoms. The topological polar surface area (TPSA) is 55.1 Å². The summed E-state index contributed by atoms with van der Waals surface area (Å²) in [5.41, 5.74) is 1.67. The smallest absolute Gasteiger partial charge is 0.361 e. The fraction of sp³-hybridized carbons (Fsp3) is 0.333. The largest absolute Gasteiger partial charge is 0.398 e. The molecule has 1 N–H and O–H groups in total. The molecule has 23 heavy (non-hydrogen) atoms. The van der Waals surface area contributed by atoms with Gasteiger partial charge in [-0.2, -0.15) is 13.2 Å². The van der Waals surface area contributed by atoms with Gasteiger partial charge in [0.2, 0.25) is 5.91 Å². The van der Waals surface area contributed by atoms with Crippen LogP contribution in [0.5, 0.6) is 0 Å². The van der Waals surface area contributed by atoms with Crippen molar-refractivity contribution in [1.29, 1.82) is 0 Å². The predicted octanol–water partition coefficient (Wildman–Crippen LogP) is 4.13. The molecule has 0 saturated carbocycles. The summed E-state index contributed by atoms with van der Waals surface area (Å²) in [5.74, 6) is -0.791. The van der Waals surface area contributed by atoms with Crippen LogP contribution < -0.4 is 5.32 Å². The number of amides is 1. The number of hydrogen-bond acceptors (Lipinski definition) is 4. The van der Waals surface area contributed by atoms with Crippen LogP contribution in [0, 0.1) is 13.8 Å². The SMILES string of the molecule is Cc1noc(C)c1CC(=O)Nc1ccccc1SCC(F)(F)F. The molecule has 0 fully saturated rings. The van der Waals surface area contributed by atoms with Gasteiger partial charge in [-0.1, -0.05) is 17.3 Å². The quantitative estimate of drug-likeness (QED) is 0.829. The molecule has 1 aromatic heterocycles. The van der Waals surface area contributed by atoms with Crippen LogP contribution in [0.4, 0.5) is 18.9 Å². The Kier molecular flexibility index (Phi) is 5.35. The molecule has 0 aliphatic carbocycles. The van der Waals surface area contributed by atoms with E-state index in [1.165, 1.54) is 0 Å². The molecule has 1 aromatic carbocycles. The second-order valence-corrected chi connectivity index (χ2v) is 5.94. The minimum absolute atomic E-state index is 0.0550. The summed E-state index contributed by atoms with van der Waals surface area (Å²) in [6, 6.07) is 6.40. The highest BCUT2D eigenvalue weighted by molar-refractivity contribution is 7.99. The molecule has 4 nitrogen and oxygen atoms in total. The Morgan fingerprint density at radius 1 is 1.30 bits per heavy atom. The van der Waals surface area contributed by atoms with E-state index in [0.29, 0.717) is 39.4 Å². The molecular formula is C15H15F3N2O2S. The van der Waals surface area contributed by atoms with Crippen molar-refractivity contribution in [3.63, 3.8) is 0 Å². The third-order valence-electron chi connectivity index (χ3n) is 3.07. The van der Waals surface area contributed by atoms with Gasteiger partial charge in [0.1, 0.15) is 5.76 Å². The molecule has 1 amide bonds. The lowest BCUT2D eigenvalue weighted by molar-refractivity contribution is -0.115. The van der Waals surface area contributed by atoms with Gasteiger partial charge in [-0.05, 0) is 26.0 Å². The van der Waals surface area contributed by atoms with Crippen molar-refractivity contribution in [2.24, 2.45) is 0 Å². The van der Waals surface area contributed by atoms with E-state index >= 15 is 0 Å². The van der Waals surface area contributed by atoms with Crippen molar-refractivity contribution in [2.75, 3.05) is 11.1 Å². The Labute approximate surface area is 135 Å². The third-order valence-corrected chi connectivity index (χ3v) is 4.21. The highest BCUT2D eigenvalue weighted by Crippen LogP contribution is 2.32. The number of thioether (sulfide) groups is 1. The number of alkyl halides is 3. The standard InChI is InChI=1S/C15H15F3N2O2S/c1-9-11(10(2)22-20-9)7-14(21)19-12-5-3-4-6-13(12)23-8-15(16,17)18/h3-6H,7-8H2,1-2H3,(H,19,21). The summed E-state index contributed by atoms with van der Waals surface area (Å²) in [6.45, 7) is 3.43. The van der Waals surface area contributed by atoms with Crippen molar-refractivity contribution in [1.82, 2.24) is 5.16 Å². The number of para-hydroxylation sites is 1. The van der Waals surface area contributed by atoms with Gasteiger partial charge in [0, 0.05) is 10.5 Å². The second-order valence-electron chi connectivity index (χ2n) is 4.93. The predicted molar refractivity (Wildman–Crippen MR) is 81.5 cm³/mol. The van der Waals surface area contributed by atoms with E-state index in [-0.39, 0.29) is 12.3 Å². The zero-order valence-electron chi connectivity index (χ0n) is 12.5. The minimum atomic E-state index is -4.27. The van der Waals surface area contributed by atoms with Gasteiger partial charge in [-0.25, -0.2) is 0 Å². The van der Waals surface area contributed by atoms with E-state index in [1.54, 1.807) is 38.1 Å². The van der Waals surface area contributed by atoms with Crippen LogP contribution >= 0.6 is 11.8 Å². The van der Waals surface area contributed by atoms with Gasteiger partial charge in [0.15, 0.2) is 0 Å². The summed E-state index contributed by atoms with van der Waals surface area (Å²) < 4.78 is 42.0. The highest BCUT2D eigenvalue weighted by Gasteiger charge is 2.27. The number of halogens is 3. The molecule has 0 bridgehead atoms. The summed E-state index contributed by atoms with van der Waals surface area (Å²) >= 11 is 0.640. The van der Waals surface area contributed by atoms with E-state index in [0.717, 1.165) is 0 Å². The van der Waals surface area contributed by atoms with Crippen molar-refractivity contribution < 1.29 is 22.5 Å². The van der Waals surface area contributed by atoms with E-state index in [1.807, 2.05) is 0 Å². The lowest BCUT2D eigenvalue weighted by atomic mass is 10.1. The molecule has 0 aliphatic heterocycles. The normalized spacial score (nSPS) is 11.5. The van der Waals surface area contributed by atoms with Crippen molar-refractivity contribution in [2.45, 2.75) is 31.3 Å². The number of hydrogen-bond donors (Lipinski definition) is 1. The zero-order chi connectivity index (χ0) is 17.0. The first-order valence-corrected chi connectivity index (χ1v) is 7.75. The minimum Gasteiger partial charge on any atom is -0.361 e. The number of anilines is 1. The maximum Gasteiger partial charge on any atom is 0.398 e. The second kappa shape index (κ2) is 7.08. The molecule has 0 radical (unpaired) electrons. The Hall–Kier alpha value is -1.96. The summed E-state index contributed by atoms with van der Waals surface area (Å²) in [5, 5.41) is 6.41. The first-order chi connectivity index (χ1) is 10.8. The first kappa shape index (κ1) is 17.4. The first-order valence-electron chi connectivity index (χ1n) is 6.76. The Morgan fingerprint density at radius 2 is 2.00 bits per heavy atom. The van der Waals surface area contributed by atoms with E-state index in [4.69, 9.17) is 4.52 Å². The number of benzene rings is 1. The number of aromatic nitrogens is 1. The summed E-state index contributed by atoms with van der Waals surface area (Å²) in [7, 11) is 0. The zero-order valence-corrected chi connectivity index (χ0v) is 13.3. The fourth-order valence-electron chi connectivity index (χ4n) is 1.96. The monoisotopic (exact) mass is 344 g/mol. The van der Waals surface area contributed by atoms with E-state index in [9.17, 15) is 18.0 Å². The number of carbonyl (C=O) groups is 1. The van der Waals surface area contributed by atoms with Crippen LogP contribution in [0.2, 0.25) is 0 Å². The molecule has 0 aliphatic rings. The average molecular weight is 344 g/mol. The molecule has 2 aromatic rings. The van der Waals surface area contributed by atoms with Crippen LogP contribution in [-0.4, -0.2) is 23.0 Å². The summed E-state index contributed by atoms with van der Waals surface area (Å²) in [4.78, 5) is 12.5. The maximum atomic E-state index is 12.4. The van der Waals surface area contributed by atoms with E-state index < -0.39 is 11.9 Å². The Morgan fingerprint density at radius 3 is 2.61 bits per heavy atom. The van der Waals surface area contributed by atoms with Gasteiger partial charge in [0.05, 0.1) is 23.6 Å². The van der Waals surface area contributed by atoms with Crippen LogP contribution in [0.3, 0.4) is 0 Å². The van der Waals surface area contributed by atoms with Gasteiger partial charge < -0.3 is 9.84 Å². The molecule has 2 rings (SSSR count). The molecule has 0 saturated heterocycles. The van der Waals surface area contributed by atoms with Crippen molar-refractivity contribution in [3.05, 3.63) is 41.3 Å². The molecule has 0 atom stereocenters. The van der Waals surface area contributed by atoms with E-state index in [2.05, 4.69) is 10.5 Å². The molecule has 124 valence electrons. The van der Waals surface area contributed by atoms with Crippen LogP contribution in [0.25, 0.3) is 0 Å². The summed E-state index contributed by atoms with van der Waals surface area (Å²) in [6.07, 6.45) is -4.21. The lowest BCUT2D eigenvalue weighted by Gasteiger charge is -2.12. The molecule has 0 unspecified atom stereocenters.